The van der Waals surface area contributed by atoms with Crippen LogP contribution in [-0.2, 0) is 9.53 Å². The zero-order valence-electron chi connectivity index (χ0n) is 9.14. The Labute approximate surface area is 97.8 Å². The van der Waals surface area contributed by atoms with Gasteiger partial charge in [-0.1, -0.05) is 11.8 Å². The minimum Gasteiger partial charge on any atom is -0.462 e. The zero-order chi connectivity index (χ0) is 12.1. The number of aromatic nitrogens is 2. The molecule has 1 aromatic rings. The van der Waals surface area contributed by atoms with Crippen molar-refractivity contribution in [3.05, 3.63) is 6.07 Å². The first-order valence-electron chi connectivity index (χ1n) is 4.69. The minimum absolute atomic E-state index is 0.125. The van der Waals surface area contributed by atoms with Gasteiger partial charge >= 0.3 is 5.97 Å². The van der Waals surface area contributed by atoms with E-state index < -0.39 is 0 Å². The van der Waals surface area contributed by atoms with Crippen molar-refractivity contribution >= 4 is 29.4 Å². The topological polar surface area (TPSA) is 104 Å². The summed E-state index contributed by atoms with van der Waals surface area (Å²) in [7, 11) is 0. The van der Waals surface area contributed by atoms with E-state index in [0.29, 0.717) is 5.16 Å². The van der Waals surface area contributed by atoms with Gasteiger partial charge in [0.25, 0.3) is 0 Å². The van der Waals surface area contributed by atoms with E-state index in [0.717, 1.165) is 11.8 Å². The maximum atomic E-state index is 11.2. The second-order valence-electron chi connectivity index (χ2n) is 3.33. The minimum atomic E-state index is -0.315. The molecule has 16 heavy (non-hydrogen) atoms. The maximum Gasteiger partial charge on any atom is 0.316 e. The standard InChI is InChI=1S/C9H14N4O2S/c1-5(2)15-8(14)4-16-9-12-6(10)3-7(11)13-9/h3,5H,4H2,1-2H3,(H4,10,11,12,13). The summed E-state index contributed by atoms with van der Waals surface area (Å²) in [5.74, 6) is 0.394. The average molecular weight is 242 g/mol. The van der Waals surface area contributed by atoms with Crippen molar-refractivity contribution in [3.63, 3.8) is 0 Å². The third-order valence-corrected chi connectivity index (χ3v) is 2.25. The predicted octanol–water partition coefficient (Wildman–Crippen LogP) is 0.685. The number of hydrogen-bond donors (Lipinski definition) is 2. The van der Waals surface area contributed by atoms with Gasteiger partial charge in [0.2, 0.25) is 0 Å². The number of ether oxygens (including phenoxy) is 1. The zero-order valence-corrected chi connectivity index (χ0v) is 9.95. The summed E-state index contributed by atoms with van der Waals surface area (Å²) in [6.07, 6.45) is -0.125. The molecule has 0 spiro atoms. The Bertz CT molecular complexity index is 364. The van der Waals surface area contributed by atoms with Crippen LogP contribution in [0.15, 0.2) is 11.2 Å². The molecule has 1 aromatic heterocycles. The third kappa shape index (κ3) is 4.35. The Balaban J connectivity index is 2.51. The molecular formula is C9H14N4O2S. The van der Waals surface area contributed by atoms with Crippen LogP contribution in [-0.4, -0.2) is 27.8 Å². The van der Waals surface area contributed by atoms with Crippen molar-refractivity contribution < 1.29 is 9.53 Å². The van der Waals surface area contributed by atoms with Gasteiger partial charge in [-0.2, -0.15) is 0 Å². The highest BCUT2D eigenvalue weighted by molar-refractivity contribution is 7.99. The Hall–Kier alpha value is -1.50. The van der Waals surface area contributed by atoms with Crippen LogP contribution in [0, 0.1) is 0 Å². The van der Waals surface area contributed by atoms with Gasteiger partial charge in [-0.25, -0.2) is 9.97 Å². The van der Waals surface area contributed by atoms with E-state index >= 15 is 0 Å². The molecule has 1 heterocycles. The van der Waals surface area contributed by atoms with E-state index in [2.05, 4.69) is 9.97 Å². The third-order valence-electron chi connectivity index (χ3n) is 1.43. The largest absolute Gasteiger partial charge is 0.462 e. The van der Waals surface area contributed by atoms with Gasteiger partial charge < -0.3 is 16.2 Å². The molecule has 0 aliphatic rings. The van der Waals surface area contributed by atoms with Crippen LogP contribution >= 0.6 is 11.8 Å². The van der Waals surface area contributed by atoms with Crippen LogP contribution in [0.1, 0.15) is 13.8 Å². The van der Waals surface area contributed by atoms with Crippen LogP contribution < -0.4 is 11.5 Å². The van der Waals surface area contributed by atoms with Crippen molar-refractivity contribution in [2.45, 2.75) is 25.1 Å². The Morgan fingerprint density at radius 1 is 1.44 bits per heavy atom. The second kappa shape index (κ2) is 5.55. The summed E-state index contributed by atoms with van der Waals surface area (Å²) in [6, 6.07) is 1.45. The summed E-state index contributed by atoms with van der Waals surface area (Å²) in [6.45, 7) is 3.58. The fourth-order valence-corrected chi connectivity index (χ4v) is 1.60. The van der Waals surface area contributed by atoms with Crippen molar-refractivity contribution in [1.82, 2.24) is 9.97 Å². The molecule has 0 atom stereocenters. The molecule has 1 rings (SSSR count). The fourth-order valence-electron chi connectivity index (χ4n) is 0.947. The molecule has 6 nitrogen and oxygen atoms in total. The molecular weight excluding hydrogens is 228 g/mol. The van der Waals surface area contributed by atoms with Crippen molar-refractivity contribution in [1.29, 1.82) is 0 Å². The summed E-state index contributed by atoms with van der Waals surface area (Å²) in [5, 5.41) is 0.373. The summed E-state index contributed by atoms with van der Waals surface area (Å²) in [5.41, 5.74) is 11.0. The number of nitrogens with zero attached hydrogens (tertiary/aromatic N) is 2. The van der Waals surface area contributed by atoms with Gasteiger partial charge in [-0.05, 0) is 13.8 Å². The number of thioether (sulfide) groups is 1. The highest BCUT2D eigenvalue weighted by atomic mass is 32.2. The van der Waals surface area contributed by atoms with Crippen LogP contribution in [0.3, 0.4) is 0 Å². The molecule has 0 saturated carbocycles. The first-order chi connectivity index (χ1) is 7.47. The lowest BCUT2D eigenvalue weighted by atomic mass is 10.5. The number of nitrogens with two attached hydrogens (primary N) is 2. The van der Waals surface area contributed by atoms with E-state index in [1.807, 2.05) is 0 Å². The monoisotopic (exact) mass is 242 g/mol. The lowest BCUT2D eigenvalue weighted by Gasteiger charge is -2.07. The second-order valence-corrected chi connectivity index (χ2v) is 4.27. The fraction of sp³-hybridized carbons (Fsp3) is 0.444. The van der Waals surface area contributed by atoms with Gasteiger partial charge in [0, 0.05) is 6.07 Å². The van der Waals surface area contributed by atoms with Gasteiger partial charge in [0.1, 0.15) is 11.6 Å². The van der Waals surface area contributed by atoms with Crippen LogP contribution in [0.2, 0.25) is 0 Å². The number of nitrogen functional groups attached to an aromatic ring is 2. The van der Waals surface area contributed by atoms with Gasteiger partial charge in [-0.15, -0.1) is 0 Å². The molecule has 0 fully saturated rings. The molecule has 0 unspecified atom stereocenters. The number of anilines is 2. The number of hydrogen-bond acceptors (Lipinski definition) is 7. The Morgan fingerprint density at radius 2 is 2.00 bits per heavy atom. The quantitative estimate of drug-likeness (QED) is 0.454. The molecule has 0 aromatic carbocycles. The smallest absolute Gasteiger partial charge is 0.316 e. The maximum absolute atomic E-state index is 11.2. The normalized spacial score (nSPS) is 10.4. The van der Waals surface area contributed by atoms with Gasteiger partial charge in [0.05, 0.1) is 11.9 Å². The highest BCUT2D eigenvalue weighted by Crippen LogP contribution is 2.16. The first-order valence-corrected chi connectivity index (χ1v) is 5.68. The average Bonchev–Trinajstić information content (AvgIpc) is 2.12. The van der Waals surface area contributed by atoms with Gasteiger partial charge in [0.15, 0.2) is 5.16 Å². The van der Waals surface area contributed by atoms with E-state index in [1.54, 1.807) is 13.8 Å². The Morgan fingerprint density at radius 3 is 2.50 bits per heavy atom. The van der Waals surface area contributed by atoms with Crippen LogP contribution in [0.5, 0.6) is 0 Å². The number of carbonyl (C=O) groups is 1. The van der Waals surface area contributed by atoms with E-state index in [1.165, 1.54) is 6.07 Å². The van der Waals surface area contributed by atoms with Crippen LogP contribution in [0.25, 0.3) is 0 Å². The Kier molecular flexibility index (Phi) is 4.36. The molecule has 88 valence electrons. The molecule has 0 aliphatic heterocycles. The SMILES string of the molecule is CC(C)OC(=O)CSc1nc(N)cc(N)n1. The van der Waals surface area contributed by atoms with Crippen molar-refractivity contribution in [2.24, 2.45) is 0 Å². The lowest BCUT2D eigenvalue weighted by molar-refractivity contribution is -0.144. The molecule has 0 aliphatic carbocycles. The van der Waals surface area contributed by atoms with Crippen molar-refractivity contribution in [3.8, 4) is 0 Å². The van der Waals surface area contributed by atoms with Crippen molar-refractivity contribution in [2.75, 3.05) is 17.2 Å². The number of rotatable bonds is 4. The molecule has 0 saturated heterocycles. The summed E-state index contributed by atoms with van der Waals surface area (Å²) in [4.78, 5) is 19.1. The molecule has 0 radical (unpaired) electrons. The lowest BCUT2D eigenvalue weighted by Crippen LogP contribution is -2.13. The van der Waals surface area contributed by atoms with Crippen LogP contribution in [0.4, 0.5) is 11.6 Å². The van der Waals surface area contributed by atoms with E-state index in [-0.39, 0.29) is 29.5 Å². The molecule has 4 N–H and O–H groups in total. The first kappa shape index (κ1) is 12.6. The molecule has 0 bridgehead atoms. The highest BCUT2D eigenvalue weighted by Gasteiger charge is 2.08. The predicted molar refractivity (Wildman–Crippen MR) is 62.8 cm³/mol. The summed E-state index contributed by atoms with van der Waals surface area (Å²) < 4.78 is 4.95. The number of carbonyl (C=O) groups excluding carboxylic acids is 1. The molecule has 7 heteroatoms. The van der Waals surface area contributed by atoms with E-state index in [4.69, 9.17) is 16.2 Å². The molecule has 0 amide bonds. The van der Waals surface area contributed by atoms with E-state index in [9.17, 15) is 4.79 Å². The summed E-state index contributed by atoms with van der Waals surface area (Å²) >= 11 is 1.14. The van der Waals surface area contributed by atoms with Gasteiger partial charge in [-0.3, -0.25) is 4.79 Å². The number of esters is 1.